The summed E-state index contributed by atoms with van der Waals surface area (Å²) in [5.41, 5.74) is 9.52. The highest BCUT2D eigenvalue weighted by Crippen LogP contribution is 2.44. The Morgan fingerprint density at radius 1 is 1.00 bits per heavy atom. The monoisotopic (exact) mass is 546 g/mol. The van der Waals surface area contributed by atoms with Crippen molar-refractivity contribution in [2.75, 3.05) is 7.11 Å². The first kappa shape index (κ1) is 25.9. The number of aromatic nitrogens is 4. The smallest absolute Gasteiger partial charge is 0.328 e. The molecule has 204 valence electrons. The fourth-order valence-electron chi connectivity index (χ4n) is 5.73. The van der Waals surface area contributed by atoms with Gasteiger partial charge in [-0.3, -0.25) is 9.59 Å². The first-order valence-corrected chi connectivity index (χ1v) is 13.0. The minimum absolute atomic E-state index is 0.335. The van der Waals surface area contributed by atoms with Crippen LogP contribution in [0.15, 0.2) is 36.9 Å². The summed E-state index contributed by atoms with van der Waals surface area (Å²) in [5.74, 6) is -3.51. The molecule has 6 rings (SSSR count). The van der Waals surface area contributed by atoms with E-state index in [1.54, 1.807) is 6.08 Å². The molecule has 1 atom stereocenters. The molecular formula is C32H26N4O5. The summed E-state index contributed by atoms with van der Waals surface area (Å²) in [6.45, 7) is 9.60. The van der Waals surface area contributed by atoms with Gasteiger partial charge in [0, 0.05) is 44.9 Å². The number of aliphatic carboxylic acids is 1. The number of fused-ring (bicyclic) bond motifs is 8. The highest BCUT2D eigenvalue weighted by atomic mass is 16.5. The number of hydrogen-bond donors (Lipinski definition) is 3. The van der Waals surface area contributed by atoms with Crippen molar-refractivity contribution in [3.05, 3.63) is 87.5 Å². The highest BCUT2D eigenvalue weighted by molar-refractivity contribution is 6.24. The third-order valence-electron chi connectivity index (χ3n) is 7.84. The van der Waals surface area contributed by atoms with Crippen molar-refractivity contribution in [1.82, 2.24) is 19.9 Å². The lowest BCUT2D eigenvalue weighted by Crippen LogP contribution is -2.20. The van der Waals surface area contributed by atoms with E-state index in [4.69, 9.17) is 14.7 Å². The Morgan fingerprint density at radius 3 is 2.34 bits per heavy atom. The van der Waals surface area contributed by atoms with Crippen LogP contribution >= 0.6 is 0 Å². The number of aryl methyl sites for hydroxylation is 2. The van der Waals surface area contributed by atoms with Crippen LogP contribution in [0, 0.1) is 13.8 Å². The fourth-order valence-corrected chi connectivity index (χ4v) is 5.73. The van der Waals surface area contributed by atoms with Crippen LogP contribution in [0.25, 0.3) is 51.4 Å². The van der Waals surface area contributed by atoms with Crippen LogP contribution in [-0.4, -0.2) is 49.9 Å². The number of carbonyl (C=O) groups is 3. The molecule has 5 heterocycles. The van der Waals surface area contributed by atoms with Crippen molar-refractivity contribution >= 4 is 69.2 Å². The van der Waals surface area contributed by atoms with Crippen LogP contribution in [0.3, 0.4) is 0 Å². The van der Waals surface area contributed by atoms with Gasteiger partial charge >= 0.3 is 11.9 Å². The molecular weight excluding hydrogens is 520 g/mol. The SMILES string of the molecule is C=Cc1c(C)c2cc3nc(c4c5[nH]c(cc6nc(cc1[nH]2)C=C6)c(C)c5C(=O)[C@@H]4C(=O)OC)C(/C=C/C(=O)O)=C3C. The normalized spacial score (nSPS) is 15.7. The third-order valence-corrected chi connectivity index (χ3v) is 7.84. The molecule has 3 aliphatic rings. The second kappa shape index (κ2) is 9.41. The van der Waals surface area contributed by atoms with Crippen LogP contribution in [-0.2, 0) is 14.3 Å². The first-order chi connectivity index (χ1) is 19.6. The molecule has 0 unspecified atom stereocenters. The molecule has 0 saturated carbocycles. The zero-order valence-electron chi connectivity index (χ0n) is 22.9. The van der Waals surface area contributed by atoms with E-state index in [0.29, 0.717) is 56.0 Å². The van der Waals surface area contributed by atoms with Gasteiger partial charge in [-0.05, 0) is 73.9 Å². The first-order valence-electron chi connectivity index (χ1n) is 13.0. The summed E-state index contributed by atoms with van der Waals surface area (Å²) >= 11 is 0. The molecule has 0 spiro atoms. The minimum Gasteiger partial charge on any atom is -0.478 e. The number of ketones is 1. The van der Waals surface area contributed by atoms with Crippen LogP contribution in [0.5, 0.6) is 0 Å². The number of Topliss-reactive ketones (excluding diaryl/α,β-unsaturated/α-hetero) is 1. The summed E-state index contributed by atoms with van der Waals surface area (Å²) in [5, 5.41) is 9.43. The van der Waals surface area contributed by atoms with Crippen molar-refractivity contribution in [2.45, 2.75) is 26.7 Å². The van der Waals surface area contributed by atoms with Gasteiger partial charge in [0.2, 0.25) is 0 Å². The number of methoxy groups -OCH3 is 1. The number of carboxylic acids is 1. The van der Waals surface area contributed by atoms with Crippen LogP contribution in [0.4, 0.5) is 0 Å². The molecule has 0 amide bonds. The van der Waals surface area contributed by atoms with E-state index < -0.39 is 23.6 Å². The molecule has 3 N–H and O–H groups in total. The van der Waals surface area contributed by atoms with Gasteiger partial charge in [0.25, 0.3) is 0 Å². The molecule has 0 radical (unpaired) electrons. The summed E-state index contributed by atoms with van der Waals surface area (Å²) < 4.78 is 5.06. The summed E-state index contributed by atoms with van der Waals surface area (Å²) in [4.78, 5) is 54.8. The second-order valence-electron chi connectivity index (χ2n) is 10.1. The van der Waals surface area contributed by atoms with E-state index in [-0.39, 0.29) is 0 Å². The Morgan fingerprint density at radius 2 is 1.68 bits per heavy atom. The number of allylic oxidation sites excluding steroid dienone is 3. The Kier molecular flexibility index (Phi) is 5.95. The molecule has 41 heavy (non-hydrogen) atoms. The maximum Gasteiger partial charge on any atom is 0.328 e. The topological polar surface area (TPSA) is 138 Å². The van der Waals surface area contributed by atoms with Gasteiger partial charge in [0.15, 0.2) is 5.78 Å². The van der Waals surface area contributed by atoms with Crippen LogP contribution in [0.2, 0.25) is 0 Å². The zero-order valence-corrected chi connectivity index (χ0v) is 22.9. The standard InChI is InChI=1S/C32H26N4O5/c1-6-19-14(2)22-13-23-15(3)20(9-10-25(37)38)29(35-23)27-28(32(40)41-5)31(39)26-16(4)21(36-30(26)27)11-17-7-8-18(33-17)12-24(19)34-22/h6-13,28,34,36H,1H2,2-5H3,(H,37,38)/b10-9+,17-11?,18-12?,21-11?,22-13?,23-13?,24-12?,29-27?/t28-/m1/s1. The number of rotatable bonds is 4. The van der Waals surface area contributed by atoms with Crippen molar-refractivity contribution in [3.63, 3.8) is 0 Å². The van der Waals surface area contributed by atoms with E-state index >= 15 is 0 Å². The van der Waals surface area contributed by atoms with Gasteiger partial charge < -0.3 is 19.8 Å². The van der Waals surface area contributed by atoms with Gasteiger partial charge in [-0.25, -0.2) is 14.8 Å². The lowest BCUT2D eigenvalue weighted by atomic mass is 9.94. The van der Waals surface area contributed by atoms with Gasteiger partial charge in [-0.15, -0.1) is 0 Å². The van der Waals surface area contributed by atoms with Crippen molar-refractivity contribution < 1.29 is 24.2 Å². The number of esters is 1. The summed E-state index contributed by atoms with van der Waals surface area (Å²) in [6, 6.07) is 5.67. The quantitative estimate of drug-likeness (QED) is 0.168. The van der Waals surface area contributed by atoms with Crippen LogP contribution in [0.1, 0.15) is 68.2 Å². The van der Waals surface area contributed by atoms with E-state index in [2.05, 4.69) is 16.5 Å². The molecule has 0 aromatic carbocycles. The predicted molar refractivity (Wildman–Crippen MR) is 158 cm³/mol. The average molecular weight is 547 g/mol. The van der Waals surface area contributed by atoms with Gasteiger partial charge in [0.1, 0.15) is 5.92 Å². The minimum atomic E-state index is -1.25. The number of ether oxygens (including phenoxy) is 1. The second-order valence-corrected chi connectivity index (χ2v) is 10.1. The number of H-pyrrole nitrogens is 2. The van der Waals surface area contributed by atoms with Crippen molar-refractivity contribution in [1.29, 1.82) is 0 Å². The Bertz CT molecular complexity index is 2000. The van der Waals surface area contributed by atoms with E-state index in [0.717, 1.165) is 33.9 Å². The number of nitrogens with one attached hydrogen (secondary N) is 2. The molecule has 0 fully saturated rings. The van der Waals surface area contributed by atoms with Crippen molar-refractivity contribution in [3.8, 4) is 0 Å². The van der Waals surface area contributed by atoms with E-state index in [1.807, 2.05) is 51.1 Å². The maximum atomic E-state index is 13.8. The van der Waals surface area contributed by atoms with E-state index in [9.17, 15) is 19.5 Å². The molecule has 9 nitrogen and oxygen atoms in total. The molecule has 8 bridgehead atoms. The number of carboxylic acid groups (broad SMARTS) is 1. The molecule has 9 heteroatoms. The molecule has 3 aromatic rings. The number of carbonyl (C=O) groups excluding carboxylic acids is 2. The molecule has 0 saturated heterocycles. The van der Waals surface area contributed by atoms with Gasteiger partial charge in [0.05, 0.1) is 35.4 Å². The van der Waals surface area contributed by atoms with Gasteiger partial charge in [-0.2, -0.15) is 0 Å². The Hall–Kier alpha value is -5.31. The predicted octanol–water partition coefficient (Wildman–Crippen LogP) is 5.77. The van der Waals surface area contributed by atoms with Gasteiger partial charge in [-0.1, -0.05) is 12.7 Å². The summed E-state index contributed by atoms with van der Waals surface area (Å²) in [6.07, 6.45) is 8.05. The van der Waals surface area contributed by atoms with Crippen molar-refractivity contribution in [2.24, 2.45) is 0 Å². The largest absolute Gasteiger partial charge is 0.478 e. The Labute approximate surface area is 234 Å². The number of aromatic amines is 2. The molecule has 1 aliphatic carbocycles. The Balaban J connectivity index is 1.84. The molecule has 3 aromatic heterocycles. The average Bonchev–Trinajstić information content (AvgIpc) is 3.71. The van der Waals surface area contributed by atoms with E-state index in [1.165, 1.54) is 13.2 Å². The summed E-state index contributed by atoms with van der Waals surface area (Å²) in [7, 11) is 1.23. The lowest BCUT2D eigenvalue weighted by molar-refractivity contribution is -0.141. The van der Waals surface area contributed by atoms with Crippen LogP contribution < -0.4 is 0 Å². The number of hydrogen-bond acceptors (Lipinski definition) is 6. The zero-order chi connectivity index (χ0) is 29.2. The number of nitrogens with zero attached hydrogens (tertiary/aromatic N) is 2. The fraction of sp³-hybridized carbons (Fsp3) is 0.156. The maximum absolute atomic E-state index is 13.8. The lowest BCUT2D eigenvalue weighted by Gasteiger charge is -2.10. The molecule has 2 aliphatic heterocycles. The third kappa shape index (κ3) is 3.97. The highest BCUT2D eigenvalue weighted by Gasteiger charge is 2.43.